The molecule has 2 fully saturated rings. The standard InChI is InChI=1S/C24H29N5O/c30-24(28-14-6-7-15-28)20-10-16-26(17-11-20)19-21-18-25-29(22-8-2-1-3-9-22)23(21)27-12-4-5-13-27/h1-5,8-9,12-13,18,20H,6-7,10-11,14-17,19H2/p+1. The van der Waals surface area contributed by atoms with Crippen molar-refractivity contribution < 1.29 is 9.69 Å². The first-order valence-electron chi connectivity index (χ1n) is 11.2. The van der Waals surface area contributed by atoms with Gasteiger partial charge in [0.05, 0.1) is 30.5 Å². The largest absolute Gasteiger partial charge is 0.342 e. The van der Waals surface area contributed by atoms with Crippen LogP contribution in [0.15, 0.2) is 61.1 Å². The minimum atomic E-state index is 0.225. The molecular weight excluding hydrogens is 374 g/mol. The number of piperidine rings is 1. The van der Waals surface area contributed by atoms with Crippen molar-refractivity contribution >= 4 is 5.91 Å². The molecule has 0 aliphatic carbocycles. The monoisotopic (exact) mass is 404 g/mol. The quantitative estimate of drug-likeness (QED) is 0.708. The molecule has 2 saturated heterocycles. The highest BCUT2D eigenvalue weighted by Gasteiger charge is 2.32. The molecule has 1 N–H and O–H groups in total. The molecule has 3 aromatic rings. The number of quaternary nitrogens is 1. The first kappa shape index (κ1) is 19.1. The molecule has 0 radical (unpaired) electrons. The summed E-state index contributed by atoms with van der Waals surface area (Å²) in [6, 6.07) is 14.4. The molecule has 1 amide bonds. The van der Waals surface area contributed by atoms with Crippen molar-refractivity contribution in [2.24, 2.45) is 5.92 Å². The molecule has 0 saturated carbocycles. The summed E-state index contributed by atoms with van der Waals surface area (Å²) in [4.78, 5) is 16.4. The molecule has 6 nitrogen and oxygen atoms in total. The molecule has 6 heteroatoms. The van der Waals surface area contributed by atoms with E-state index in [-0.39, 0.29) is 5.92 Å². The molecule has 0 unspecified atom stereocenters. The topological polar surface area (TPSA) is 47.5 Å². The van der Waals surface area contributed by atoms with Gasteiger partial charge in [-0.2, -0.15) is 5.10 Å². The van der Waals surface area contributed by atoms with Gasteiger partial charge in [-0.15, -0.1) is 0 Å². The van der Waals surface area contributed by atoms with E-state index in [0.717, 1.165) is 57.1 Å². The Hall–Kier alpha value is -2.86. The van der Waals surface area contributed by atoms with E-state index >= 15 is 0 Å². The van der Waals surface area contributed by atoms with Gasteiger partial charge >= 0.3 is 0 Å². The molecule has 2 aliphatic rings. The maximum atomic E-state index is 12.7. The minimum Gasteiger partial charge on any atom is -0.342 e. The highest BCUT2D eigenvalue weighted by Crippen LogP contribution is 2.21. The van der Waals surface area contributed by atoms with E-state index in [1.54, 1.807) is 4.90 Å². The Morgan fingerprint density at radius 3 is 2.40 bits per heavy atom. The SMILES string of the molecule is O=C(C1CC[NH+](Cc2cnn(-c3ccccc3)c2-n2cccc2)CC1)N1CCCC1. The third kappa shape index (κ3) is 3.79. The van der Waals surface area contributed by atoms with Crippen LogP contribution in [0.2, 0.25) is 0 Å². The summed E-state index contributed by atoms with van der Waals surface area (Å²) in [7, 11) is 0. The maximum Gasteiger partial charge on any atom is 0.226 e. The number of aromatic nitrogens is 3. The summed E-state index contributed by atoms with van der Waals surface area (Å²) in [6.45, 7) is 4.96. The molecule has 2 aromatic heterocycles. The summed E-state index contributed by atoms with van der Waals surface area (Å²) in [6.07, 6.45) is 10.5. The van der Waals surface area contributed by atoms with E-state index < -0.39 is 0 Å². The highest BCUT2D eigenvalue weighted by molar-refractivity contribution is 5.79. The predicted octanol–water partition coefficient (Wildman–Crippen LogP) is 2.08. The van der Waals surface area contributed by atoms with Gasteiger partial charge < -0.3 is 14.4 Å². The van der Waals surface area contributed by atoms with Crippen molar-refractivity contribution in [3.05, 3.63) is 66.6 Å². The second kappa shape index (κ2) is 8.48. The van der Waals surface area contributed by atoms with Crippen LogP contribution in [0.5, 0.6) is 0 Å². The number of rotatable bonds is 5. The number of carbonyl (C=O) groups excluding carboxylic acids is 1. The van der Waals surface area contributed by atoms with Crippen LogP contribution >= 0.6 is 0 Å². The van der Waals surface area contributed by atoms with Crippen molar-refractivity contribution in [2.75, 3.05) is 26.2 Å². The van der Waals surface area contributed by atoms with E-state index in [4.69, 9.17) is 5.10 Å². The highest BCUT2D eigenvalue weighted by atomic mass is 16.2. The number of hydrogen-bond acceptors (Lipinski definition) is 2. The summed E-state index contributed by atoms with van der Waals surface area (Å²) in [5, 5.41) is 4.73. The lowest BCUT2D eigenvalue weighted by atomic mass is 9.95. The van der Waals surface area contributed by atoms with Crippen LogP contribution in [0.3, 0.4) is 0 Å². The second-order valence-corrected chi connectivity index (χ2v) is 8.56. The maximum absolute atomic E-state index is 12.7. The molecular formula is C24H30N5O+. The van der Waals surface area contributed by atoms with Crippen LogP contribution in [0.25, 0.3) is 11.5 Å². The Balaban J connectivity index is 1.31. The first-order valence-corrected chi connectivity index (χ1v) is 11.2. The lowest BCUT2D eigenvalue weighted by Gasteiger charge is -2.30. The fourth-order valence-electron chi connectivity index (χ4n) is 4.92. The first-order chi connectivity index (χ1) is 14.8. The van der Waals surface area contributed by atoms with Gasteiger partial charge in [-0.1, -0.05) is 18.2 Å². The number of likely N-dealkylation sites (tertiary alicyclic amines) is 2. The average Bonchev–Trinajstić information content (AvgIpc) is 3.56. The van der Waals surface area contributed by atoms with Crippen molar-refractivity contribution in [2.45, 2.75) is 32.2 Å². The van der Waals surface area contributed by atoms with Crippen LogP contribution in [-0.4, -0.2) is 51.3 Å². The molecule has 0 spiro atoms. The smallest absolute Gasteiger partial charge is 0.226 e. The van der Waals surface area contributed by atoms with Crippen molar-refractivity contribution in [3.63, 3.8) is 0 Å². The Labute approximate surface area is 177 Å². The molecule has 1 aromatic carbocycles. The van der Waals surface area contributed by atoms with Gasteiger partial charge in [0.25, 0.3) is 0 Å². The molecule has 5 rings (SSSR count). The van der Waals surface area contributed by atoms with Crippen LogP contribution in [0.4, 0.5) is 0 Å². The van der Waals surface area contributed by atoms with Gasteiger partial charge in [-0.05, 0) is 37.1 Å². The fourth-order valence-corrected chi connectivity index (χ4v) is 4.92. The summed E-state index contributed by atoms with van der Waals surface area (Å²) < 4.78 is 4.18. The van der Waals surface area contributed by atoms with E-state index in [1.807, 2.05) is 29.1 Å². The van der Waals surface area contributed by atoms with Crippen LogP contribution in [0, 0.1) is 5.92 Å². The molecule has 30 heavy (non-hydrogen) atoms. The Bertz CT molecular complexity index is 964. The van der Waals surface area contributed by atoms with Crippen molar-refractivity contribution in [3.8, 4) is 11.5 Å². The van der Waals surface area contributed by atoms with Gasteiger partial charge in [0.15, 0.2) is 0 Å². The number of hydrogen-bond donors (Lipinski definition) is 1. The van der Waals surface area contributed by atoms with Crippen LogP contribution in [0.1, 0.15) is 31.2 Å². The number of nitrogens with zero attached hydrogens (tertiary/aromatic N) is 4. The number of carbonyl (C=O) groups is 1. The van der Waals surface area contributed by atoms with Gasteiger partial charge in [0, 0.05) is 44.2 Å². The third-order valence-electron chi connectivity index (χ3n) is 6.57. The zero-order chi connectivity index (χ0) is 20.3. The van der Waals surface area contributed by atoms with Crippen molar-refractivity contribution in [1.82, 2.24) is 19.2 Å². The average molecular weight is 405 g/mol. The lowest BCUT2D eigenvalue weighted by Crippen LogP contribution is -3.11. The summed E-state index contributed by atoms with van der Waals surface area (Å²) in [5.74, 6) is 1.73. The molecule has 0 atom stereocenters. The minimum absolute atomic E-state index is 0.225. The number of nitrogens with one attached hydrogen (secondary N) is 1. The Morgan fingerprint density at radius 1 is 1.00 bits per heavy atom. The zero-order valence-electron chi connectivity index (χ0n) is 17.4. The van der Waals surface area contributed by atoms with Crippen LogP contribution in [-0.2, 0) is 11.3 Å². The Morgan fingerprint density at radius 2 is 1.70 bits per heavy atom. The Kier molecular flexibility index (Phi) is 5.41. The van der Waals surface area contributed by atoms with E-state index in [2.05, 4.69) is 46.1 Å². The van der Waals surface area contributed by atoms with E-state index in [1.165, 1.54) is 18.4 Å². The molecule has 4 heterocycles. The number of para-hydroxylation sites is 1. The van der Waals surface area contributed by atoms with Crippen molar-refractivity contribution in [1.29, 1.82) is 0 Å². The summed E-state index contributed by atoms with van der Waals surface area (Å²) >= 11 is 0. The van der Waals surface area contributed by atoms with Gasteiger partial charge in [-0.25, -0.2) is 4.68 Å². The predicted molar refractivity (Wildman–Crippen MR) is 116 cm³/mol. The third-order valence-corrected chi connectivity index (χ3v) is 6.57. The molecule has 156 valence electrons. The molecule has 2 aliphatic heterocycles. The van der Waals surface area contributed by atoms with E-state index in [0.29, 0.717) is 5.91 Å². The lowest BCUT2D eigenvalue weighted by molar-refractivity contribution is -0.919. The zero-order valence-corrected chi connectivity index (χ0v) is 17.4. The number of benzene rings is 1. The normalized spacial score (nSPS) is 21.8. The van der Waals surface area contributed by atoms with Gasteiger partial charge in [0.2, 0.25) is 5.91 Å². The van der Waals surface area contributed by atoms with Gasteiger partial charge in [-0.3, -0.25) is 4.79 Å². The number of amides is 1. The van der Waals surface area contributed by atoms with Gasteiger partial charge in [0.1, 0.15) is 12.4 Å². The molecule has 0 bridgehead atoms. The fraction of sp³-hybridized carbons (Fsp3) is 0.417. The van der Waals surface area contributed by atoms with Crippen LogP contribution < -0.4 is 4.90 Å². The summed E-state index contributed by atoms with van der Waals surface area (Å²) in [5.41, 5.74) is 2.31. The van der Waals surface area contributed by atoms with E-state index in [9.17, 15) is 4.79 Å². The second-order valence-electron chi connectivity index (χ2n) is 8.56.